The van der Waals surface area contributed by atoms with Crippen LogP contribution in [0, 0.1) is 11.8 Å². The molecule has 1 aliphatic carbocycles. The van der Waals surface area contributed by atoms with E-state index in [1.165, 1.54) is 31.5 Å². The lowest BCUT2D eigenvalue weighted by Gasteiger charge is -2.30. The smallest absolute Gasteiger partial charge is 0.224 e. The second-order valence-corrected chi connectivity index (χ2v) is 7.20. The van der Waals surface area contributed by atoms with E-state index < -0.39 is 0 Å². The van der Waals surface area contributed by atoms with Crippen LogP contribution in [0.3, 0.4) is 0 Å². The molecule has 2 unspecified atom stereocenters. The predicted molar refractivity (Wildman–Crippen MR) is 95.2 cm³/mol. The van der Waals surface area contributed by atoms with Crippen molar-refractivity contribution in [2.75, 3.05) is 18.4 Å². The molecule has 1 aromatic rings. The number of hydrogen-bond donors (Lipinski definition) is 1. The summed E-state index contributed by atoms with van der Waals surface area (Å²) < 4.78 is 0. The van der Waals surface area contributed by atoms with Gasteiger partial charge < -0.3 is 5.32 Å². The molecule has 0 bridgehead atoms. The fourth-order valence-electron chi connectivity index (χ4n) is 3.70. The zero-order valence-electron chi connectivity index (χ0n) is 14.1. The van der Waals surface area contributed by atoms with Crippen LogP contribution in [0.15, 0.2) is 36.4 Å². The first kappa shape index (κ1) is 16.3. The Balaban J connectivity index is 1.48. The minimum absolute atomic E-state index is 0.124. The first-order valence-electron chi connectivity index (χ1n) is 8.97. The number of benzene rings is 1. The highest BCUT2D eigenvalue weighted by atomic mass is 16.1. The second-order valence-electron chi connectivity index (χ2n) is 7.20. The summed E-state index contributed by atoms with van der Waals surface area (Å²) in [5, 5.41) is 3.02. The molecule has 23 heavy (non-hydrogen) atoms. The fourth-order valence-corrected chi connectivity index (χ4v) is 3.70. The molecule has 124 valence electrons. The molecule has 0 radical (unpaired) electrons. The topological polar surface area (TPSA) is 32.3 Å². The molecule has 0 spiro atoms. The normalized spacial score (nSPS) is 24.7. The van der Waals surface area contributed by atoms with Gasteiger partial charge in [0, 0.05) is 25.2 Å². The van der Waals surface area contributed by atoms with Gasteiger partial charge in [-0.25, -0.2) is 0 Å². The quantitative estimate of drug-likeness (QED) is 0.826. The number of carbonyl (C=O) groups is 1. The number of allylic oxidation sites excluding steroid dienone is 2. The summed E-state index contributed by atoms with van der Waals surface area (Å²) >= 11 is 0. The van der Waals surface area contributed by atoms with E-state index in [0.29, 0.717) is 12.3 Å². The summed E-state index contributed by atoms with van der Waals surface area (Å²) in [6, 6.07) is 8.35. The van der Waals surface area contributed by atoms with E-state index in [1.807, 2.05) is 12.1 Å². The zero-order valence-corrected chi connectivity index (χ0v) is 14.1. The van der Waals surface area contributed by atoms with Crippen molar-refractivity contribution in [1.82, 2.24) is 4.90 Å². The van der Waals surface area contributed by atoms with Crippen LogP contribution in [0.1, 0.15) is 44.6 Å². The Labute approximate surface area is 139 Å². The van der Waals surface area contributed by atoms with Crippen molar-refractivity contribution in [2.24, 2.45) is 11.8 Å². The summed E-state index contributed by atoms with van der Waals surface area (Å²) in [5.41, 5.74) is 2.24. The second kappa shape index (κ2) is 7.78. The van der Waals surface area contributed by atoms with E-state index in [9.17, 15) is 4.79 Å². The van der Waals surface area contributed by atoms with Gasteiger partial charge in [0.25, 0.3) is 0 Å². The lowest BCUT2D eigenvalue weighted by atomic mass is 10.00. The van der Waals surface area contributed by atoms with Gasteiger partial charge in [-0.15, -0.1) is 0 Å². The molecular formula is C20H28N2O. The Kier molecular flexibility index (Phi) is 5.50. The molecule has 1 saturated heterocycles. The fraction of sp³-hybridized carbons (Fsp3) is 0.550. The average Bonchev–Trinajstić information content (AvgIpc) is 3.02. The number of piperidine rings is 1. The maximum atomic E-state index is 12.1. The molecule has 1 N–H and O–H groups in total. The predicted octanol–water partition coefficient (Wildman–Crippen LogP) is 4.21. The summed E-state index contributed by atoms with van der Waals surface area (Å²) in [6.07, 6.45) is 9.84. The van der Waals surface area contributed by atoms with Gasteiger partial charge in [-0.2, -0.15) is 0 Å². The molecule has 1 aromatic carbocycles. The summed E-state index contributed by atoms with van der Waals surface area (Å²) in [7, 11) is 0. The van der Waals surface area contributed by atoms with Gasteiger partial charge in [-0.3, -0.25) is 9.69 Å². The van der Waals surface area contributed by atoms with E-state index in [1.54, 1.807) is 0 Å². The van der Waals surface area contributed by atoms with Gasteiger partial charge in [0.15, 0.2) is 0 Å². The summed E-state index contributed by atoms with van der Waals surface area (Å²) in [6.45, 7) is 5.76. The minimum atomic E-state index is 0.124. The molecule has 1 heterocycles. The number of amides is 1. The van der Waals surface area contributed by atoms with Gasteiger partial charge >= 0.3 is 0 Å². The van der Waals surface area contributed by atoms with Crippen LogP contribution >= 0.6 is 0 Å². The average molecular weight is 312 g/mol. The Morgan fingerprint density at radius 2 is 2.09 bits per heavy atom. The van der Waals surface area contributed by atoms with Crippen LogP contribution in [0.5, 0.6) is 0 Å². The standard InChI is InChI=1S/C20H28N2O/c1-16-5-4-12-22(14-16)15-18-8-10-19(11-9-18)21-20(23)13-17-6-2-3-7-17/h2,6,8-11,16-17H,3-5,7,12-15H2,1H3,(H,21,23). The van der Waals surface area contributed by atoms with Crippen molar-refractivity contribution < 1.29 is 4.79 Å². The molecule has 1 fully saturated rings. The largest absolute Gasteiger partial charge is 0.326 e. The summed E-state index contributed by atoms with van der Waals surface area (Å²) in [4.78, 5) is 14.6. The molecule has 0 saturated carbocycles. The number of rotatable bonds is 5. The van der Waals surface area contributed by atoms with E-state index >= 15 is 0 Å². The third kappa shape index (κ3) is 4.93. The maximum absolute atomic E-state index is 12.1. The molecule has 2 aliphatic rings. The highest BCUT2D eigenvalue weighted by Crippen LogP contribution is 2.22. The SMILES string of the molecule is CC1CCCN(Cc2ccc(NC(=O)CC3C=CCC3)cc2)C1. The zero-order chi connectivity index (χ0) is 16.1. The number of hydrogen-bond acceptors (Lipinski definition) is 2. The van der Waals surface area contributed by atoms with Crippen molar-refractivity contribution >= 4 is 11.6 Å². The van der Waals surface area contributed by atoms with E-state index in [2.05, 4.69) is 41.4 Å². The Morgan fingerprint density at radius 3 is 2.78 bits per heavy atom. The minimum Gasteiger partial charge on any atom is -0.326 e. The van der Waals surface area contributed by atoms with E-state index in [4.69, 9.17) is 0 Å². The Morgan fingerprint density at radius 1 is 1.26 bits per heavy atom. The number of likely N-dealkylation sites (tertiary alicyclic amines) is 1. The first-order chi connectivity index (χ1) is 11.2. The van der Waals surface area contributed by atoms with Crippen LogP contribution in [0.4, 0.5) is 5.69 Å². The lowest BCUT2D eigenvalue weighted by Crippen LogP contribution is -2.33. The van der Waals surface area contributed by atoms with Gasteiger partial charge in [-0.1, -0.05) is 31.2 Å². The molecule has 2 atom stereocenters. The number of nitrogens with zero attached hydrogens (tertiary/aromatic N) is 1. The maximum Gasteiger partial charge on any atom is 0.224 e. The van der Waals surface area contributed by atoms with E-state index in [-0.39, 0.29) is 5.91 Å². The Bertz CT molecular complexity index is 549. The van der Waals surface area contributed by atoms with Crippen molar-refractivity contribution in [3.63, 3.8) is 0 Å². The summed E-state index contributed by atoms with van der Waals surface area (Å²) in [5.74, 6) is 1.36. The van der Waals surface area contributed by atoms with Gasteiger partial charge in [0.2, 0.25) is 5.91 Å². The molecule has 3 nitrogen and oxygen atoms in total. The number of nitrogens with one attached hydrogen (secondary N) is 1. The molecule has 1 amide bonds. The van der Waals surface area contributed by atoms with Crippen LogP contribution < -0.4 is 5.32 Å². The van der Waals surface area contributed by atoms with Crippen LogP contribution in [-0.4, -0.2) is 23.9 Å². The number of carbonyl (C=O) groups excluding carboxylic acids is 1. The third-order valence-corrected chi connectivity index (χ3v) is 4.94. The highest BCUT2D eigenvalue weighted by molar-refractivity contribution is 5.91. The first-order valence-corrected chi connectivity index (χ1v) is 8.97. The molecule has 1 aliphatic heterocycles. The lowest BCUT2D eigenvalue weighted by molar-refractivity contribution is -0.116. The van der Waals surface area contributed by atoms with Crippen molar-refractivity contribution in [3.05, 3.63) is 42.0 Å². The third-order valence-electron chi connectivity index (χ3n) is 4.94. The van der Waals surface area contributed by atoms with Gasteiger partial charge in [-0.05, 0) is 61.8 Å². The number of anilines is 1. The van der Waals surface area contributed by atoms with Gasteiger partial charge in [0.05, 0.1) is 0 Å². The van der Waals surface area contributed by atoms with Crippen LogP contribution in [0.25, 0.3) is 0 Å². The van der Waals surface area contributed by atoms with Crippen molar-refractivity contribution in [1.29, 1.82) is 0 Å². The molecule has 3 rings (SSSR count). The van der Waals surface area contributed by atoms with Crippen LogP contribution in [0.2, 0.25) is 0 Å². The monoisotopic (exact) mass is 312 g/mol. The molecular weight excluding hydrogens is 284 g/mol. The van der Waals surface area contributed by atoms with Crippen molar-refractivity contribution in [2.45, 2.75) is 45.6 Å². The Hall–Kier alpha value is -1.61. The molecule has 3 heteroatoms. The molecule has 0 aromatic heterocycles. The van der Waals surface area contributed by atoms with Gasteiger partial charge in [0.1, 0.15) is 0 Å². The van der Waals surface area contributed by atoms with Crippen molar-refractivity contribution in [3.8, 4) is 0 Å². The van der Waals surface area contributed by atoms with Crippen LogP contribution in [-0.2, 0) is 11.3 Å². The highest BCUT2D eigenvalue weighted by Gasteiger charge is 2.16. The van der Waals surface area contributed by atoms with E-state index in [0.717, 1.165) is 31.0 Å².